The molecular weight excluding hydrogens is 228 g/mol. The molecule has 2 saturated heterocycles. The van der Waals surface area contributed by atoms with E-state index in [0.29, 0.717) is 18.6 Å². The van der Waals surface area contributed by atoms with Gasteiger partial charge in [-0.05, 0) is 45.1 Å². The number of amides is 1. The molecule has 1 amide bonds. The molecule has 0 aromatic rings. The Hall–Kier alpha value is -0.610. The smallest absolute Gasteiger partial charge is 0.222 e. The first-order valence-electron chi connectivity index (χ1n) is 7.34. The van der Waals surface area contributed by atoms with Gasteiger partial charge in [-0.25, -0.2) is 0 Å². The first kappa shape index (κ1) is 13.8. The normalized spacial score (nSPS) is 28.3. The number of hydrogen-bond donors (Lipinski definition) is 1. The summed E-state index contributed by atoms with van der Waals surface area (Å²) in [5.74, 6) is 0.262. The second-order valence-electron chi connectivity index (χ2n) is 5.59. The van der Waals surface area contributed by atoms with Crippen LogP contribution in [0.2, 0.25) is 0 Å². The van der Waals surface area contributed by atoms with Crippen LogP contribution < -0.4 is 5.32 Å². The van der Waals surface area contributed by atoms with Gasteiger partial charge in [-0.2, -0.15) is 0 Å². The summed E-state index contributed by atoms with van der Waals surface area (Å²) in [5.41, 5.74) is 0. The molecule has 4 heteroatoms. The third-order valence-electron chi connectivity index (χ3n) is 4.04. The molecule has 2 unspecified atom stereocenters. The van der Waals surface area contributed by atoms with Gasteiger partial charge in [-0.15, -0.1) is 0 Å². The number of nitrogens with zero attached hydrogens (tertiary/aromatic N) is 1. The fraction of sp³-hybridized carbons (Fsp3) is 0.929. The summed E-state index contributed by atoms with van der Waals surface area (Å²) in [4.78, 5) is 13.9. The summed E-state index contributed by atoms with van der Waals surface area (Å²) in [7, 11) is 1.92. The third-order valence-corrected chi connectivity index (χ3v) is 4.04. The van der Waals surface area contributed by atoms with Gasteiger partial charge in [-0.3, -0.25) is 4.79 Å². The highest BCUT2D eigenvalue weighted by Crippen LogP contribution is 2.17. The van der Waals surface area contributed by atoms with Gasteiger partial charge in [0.05, 0.1) is 6.10 Å². The molecule has 2 aliphatic heterocycles. The van der Waals surface area contributed by atoms with Crippen LogP contribution in [0.25, 0.3) is 0 Å². The van der Waals surface area contributed by atoms with E-state index in [1.54, 1.807) is 0 Å². The summed E-state index contributed by atoms with van der Waals surface area (Å²) >= 11 is 0. The van der Waals surface area contributed by atoms with E-state index in [1.807, 2.05) is 11.9 Å². The van der Waals surface area contributed by atoms with Crippen molar-refractivity contribution in [3.8, 4) is 0 Å². The fourth-order valence-electron chi connectivity index (χ4n) is 2.86. The van der Waals surface area contributed by atoms with E-state index in [-0.39, 0.29) is 5.91 Å². The van der Waals surface area contributed by atoms with E-state index < -0.39 is 0 Å². The highest BCUT2D eigenvalue weighted by molar-refractivity contribution is 5.75. The average molecular weight is 254 g/mol. The SMILES string of the molecule is CN(CC1CCCN1)C(=O)CCC1CCCCO1. The minimum atomic E-state index is 0.262. The molecular formula is C14H26N2O2. The summed E-state index contributed by atoms with van der Waals surface area (Å²) in [5, 5.41) is 3.43. The number of likely N-dealkylation sites (N-methyl/N-ethyl adjacent to an activating group) is 1. The van der Waals surface area contributed by atoms with E-state index in [1.165, 1.54) is 25.7 Å². The minimum absolute atomic E-state index is 0.262. The van der Waals surface area contributed by atoms with Crippen molar-refractivity contribution in [2.24, 2.45) is 0 Å². The van der Waals surface area contributed by atoms with E-state index in [9.17, 15) is 4.79 Å². The molecule has 0 bridgehead atoms. The first-order valence-corrected chi connectivity index (χ1v) is 7.34. The quantitative estimate of drug-likeness (QED) is 0.809. The zero-order valence-corrected chi connectivity index (χ0v) is 11.5. The van der Waals surface area contributed by atoms with Crippen LogP contribution in [0, 0.1) is 0 Å². The Morgan fingerprint density at radius 3 is 2.89 bits per heavy atom. The molecule has 2 rings (SSSR count). The topological polar surface area (TPSA) is 41.6 Å². The first-order chi connectivity index (χ1) is 8.75. The third kappa shape index (κ3) is 4.25. The average Bonchev–Trinajstić information content (AvgIpc) is 2.90. The lowest BCUT2D eigenvalue weighted by atomic mass is 10.0. The van der Waals surface area contributed by atoms with Crippen LogP contribution >= 0.6 is 0 Å². The number of hydrogen-bond acceptors (Lipinski definition) is 3. The van der Waals surface area contributed by atoms with Gasteiger partial charge < -0.3 is 15.0 Å². The molecule has 1 N–H and O–H groups in total. The zero-order chi connectivity index (χ0) is 12.8. The predicted octanol–water partition coefficient (Wildman–Crippen LogP) is 1.55. The second kappa shape index (κ2) is 7.10. The van der Waals surface area contributed by atoms with E-state index in [2.05, 4.69) is 5.32 Å². The number of carbonyl (C=O) groups excluding carboxylic acids is 1. The molecule has 104 valence electrons. The van der Waals surface area contributed by atoms with Crippen molar-refractivity contribution in [2.45, 2.75) is 57.1 Å². The molecule has 0 radical (unpaired) electrons. The summed E-state index contributed by atoms with van der Waals surface area (Å²) in [6.45, 7) is 2.83. The summed E-state index contributed by atoms with van der Waals surface area (Å²) in [6, 6.07) is 0.505. The van der Waals surface area contributed by atoms with Gasteiger partial charge >= 0.3 is 0 Å². The fourth-order valence-corrected chi connectivity index (χ4v) is 2.86. The van der Waals surface area contributed by atoms with Crippen LogP contribution in [0.4, 0.5) is 0 Å². The maximum Gasteiger partial charge on any atom is 0.222 e. The van der Waals surface area contributed by atoms with Crippen molar-refractivity contribution < 1.29 is 9.53 Å². The van der Waals surface area contributed by atoms with E-state index in [0.717, 1.165) is 32.5 Å². The van der Waals surface area contributed by atoms with Crippen molar-refractivity contribution >= 4 is 5.91 Å². The van der Waals surface area contributed by atoms with Crippen molar-refractivity contribution in [3.05, 3.63) is 0 Å². The maximum absolute atomic E-state index is 12.0. The monoisotopic (exact) mass is 254 g/mol. The Morgan fingerprint density at radius 2 is 2.22 bits per heavy atom. The Labute approximate surface area is 110 Å². The predicted molar refractivity (Wildman–Crippen MR) is 71.5 cm³/mol. The molecule has 2 aliphatic rings. The standard InChI is InChI=1S/C14H26N2O2/c1-16(11-12-5-4-9-15-12)14(17)8-7-13-6-2-3-10-18-13/h12-13,15H,2-11H2,1H3. The Bertz CT molecular complexity index is 259. The highest BCUT2D eigenvalue weighted by Gasteiger charge is 2.20. The number of nitrogens with one attached hydrogen (secondary N) is 1. The van der Waals surface area contributed by atoms with E-state index in [4.69, 9.17) is 4.74 Å². The van der Waals surface area contributed by atoms with Crippen LogP contribution in [-0.4, -0.2) is 49.7 Å². The van der Waals surface area contributed by atoms with Crippen molar-refractivity contribution in [3.63, 3.8) is 0 Å². The second-order valence-corrected chi connectivity index (χ2v) is 5.59. The molecule has 0 aromatic carbocycles. The van der Waals surface area contributed by atoms with Crippen molar-refractivity contribution in [1.82, 2.24) is 10.2 Å². The lowest BCUT2D eigenvalue weighted by molar-refractivity contribution is -0.131. The van der Waals surface area contributed by atoms with Gasteiger partial charge in [0.25, 0.3) is 0 Å². The highest BCUT2D eigenvalue weighted by atomic mass is 16.5. The lowest BCUT2D eigenvalue weighted by Crippen LogP contribution is -2.39. The van der Waals surface area contributed by atoms with E-state index >= 15 is 0 Å². The van der Waals surface area contributed by atoms with Crippen LogP contribution in [-0.2, 0) is 9.53 Å². The molecule has 2 fully saturated rings. The van der Waals surface area contributed by atoms with Gasteiger partial charge in [0.15, 0.2) is 0 Å². The molecule has 4 nitrogen and oxygen atoms in total. The minimum Gasteiger partial charge on any atom is -0.378 e. The van der Waals surface area contributed by atoms with Crippen molar-refractivity contribution in [2.75, 3.05) is 26.7 Å². The van der Waals surface area contributed by atoms with Gasteiger partial charge in [0.2, 0.25) is 5.91 Å². The molecule has 2 atom stereocenters. The van der Waals surface area contributed by atoms with Crippen molar-refractivity contribution in [1.29, 1.82) is 0 Å². The molecule has 0 spiro atoms. The molecule has 18 heavy (non-hydrogen) atoms. The van der Waals surface area contributed by atoms with Gasteiger partial charge in [0.1, 0.15) is 0 Å². The number of carbonyl (C=O) groups is 1. The van der Waals surface area contributed by atoms with Gasteiger partial charge in [-0.1, -0.05) is 0 Å². The zero-order valence-electron chi connectivity index (χ0n) is 11.5. The Balaban J connectivity index is 1.63. The van der Waals surface area contributed by atoms with Crippen LogP contribution in [0.3, 0.4) is 0 Å². The Kier molecular flexibility index (Phi) is 5.45. The number of ether oxygens (including phenoxy) is 1. The lowest BCUT2D eigenvalue weighted by Gasteiger charge is -2.25. The van der Waals surface area contributed by atoms with Crippen LogP contribution in [0.1, 0.15) is 44.9 Å². The molecule has 2 heterocycles. The summed E-state index contributed by atoms with van der Waals surface area (Å²) < 4.78 is 5.66. The van der Waals surface area contributed by atoms with Crippen LogP contribution in [0.5, 0.6) is 0 Å². The molecule has 0 saturated carbocycles. The number of rotatable bonds is 5. The molecule has 0 aliphatic carbocycles. The summed E-state index contributed by atoms with van der Waals surface area (Å²) in [6.07, 6.45) is 7.83. The van der Waals surface area contributed by atoms with Gasteiger partial charge in [0, 0.05) is 32.7 Å². The van der Waals surface area contributed by atoms with Crippen LogP contribution in [0.15, 0.2) is 0 Å². The molecule has 0 aromatic heterocycles. The maximum atomic E-state index is 12.0. The largest absolute Gasteiger partial charge is 0.378 e. The Morgan fingerprint density at radius 1 is 1.33 bits per heavy atom.